The fourth-order valence-corrected chi connectivity index (χ4v) is 6.00. The molecule has 9 nitrogen and oxygen atoms in total. The van der Waals surface area contributed by atoms with E-state index in [0.29, 0.717) is 28.7 Å². The van der Waals surface area contributed by atoms with Crippen molar-refractivity contribution in [2.24, 2.45) is 10.9 Å². The van der Waals surface area contributed by atoms with Crippen molar-refractivity contribution in [2.75, 3.05) is 24.2 Å². The number of fused-ring (bicyclic) bond motifs is 1. The van der Waals surface area contributed by atoms with E-state index in [1.54, 1.807) is 41.3 Å². The Labute approximate surface area is 241 Å². The molecule has 1 saturated heterocycles. The van der Waals surface area contributed by atoms with Gasteiger partial charge in [-0.2, -0.15) is 0 Å². The molecule has 3 aromatic rings. The van der Waals surface area contributed by atoms with E-state index in [-0.39, 0.29) is 24.1 Å². The van der Waals surface area contributed by atoms with Gasteiger partial charge in [-0.1, -0.05) is 42.1 Å². The first-order valence-electron chi connectivity index (χ1n) is 13.1. The van der Waals surface area contributed by atoms with Crippen molar-refractivity contribution in [1.82, 2.24) is 15.2 Å². The van der Waals surface area contributed by atoms with E-state index in [0.717, 1.165) is 11.8 Å². The molecule has 3 heterocycles. The molecule has 2 aromatic carbocycles. The molecular formula is C30H30FN5O4S. The van der Waals surface area contributed by atoms with E-state index in [2.05, 4.69) is 15.6 Å². The van der Waals surface area contributed by atoms with E-state index in [9.17, 15) is 18.8 Å². The lowest BCUT2D eigenvalue weighted by Crippen LogP contribution is -2.43. The molecule has 2 unspecified atom stereocenters. The third-order valence-corrected chi connectivity index (χ3v) is 7.79. The first-order chi connectivity index (χ1) is 19.5. The van der Waals surface area contributed by atoms with Crippen LogP contribution in [-0.4, -0.2) is 57.4 Å². The van der Waals surface area contributed by atoms with Gasteiger partial charge in [0.25, 0.3) is 11.8 Å². The minimum atomic E-state index is -0.893. The maximum absolute atomic E-state index is 13.3. The van der Waals surface area contributed by atoms with Crippen LogP contribution in [0.15, 0.2) is 77.9 Å². The highest BCUT2D eigenvalue weighted by Gasteiger charge is 2.52. The summed E-state index contributed by atoms with van der Waals surface area (Å²) in [6.07, 6.45) is 0.548. The first kappa shape index (κ1) is 28.3. The minimum absolute atomic E-state index is 0.0720. The van der Waals surface area contributed by atoms with Crippen LogP contribution in [0, 0.1) is 11.7 Å². The van der Waals surface area contributed by atoms with Crippen LogP contribution in [0.4, 0.5) is 14.9 Å². The lowest BCUT2D eigenvalue weighted by atomic mass is 9.81. The Morgan fingerprint density at radius 3 is 2.51 bits per heavy atom. The highest BCUT2D eigenvalue weighted by atomic mass is 32.2. The smallest absolute Gasteiger partial charge is 0.410 e. The third-order valence-electron chi connectivity index (χ3n) is 6.76. The van der Waals surface area contributed by atoms with Crippen molar-refractivity contribution in [3.63, 3.8) is 0 Å². The number of carbonyl (C=O) groups excluding carboxylic acids is 3. The van der Waals surface area contributed by atoms with Gasteiger partial charge in [0.15, 0.2) is 5.17 Å². The molecule has 1 fully saturated rings. The number of likely N-dealkylation sites (tertiary alicyclic amines) is 1. The fourth-order valence-electron chi connectivity index (χ4n) is 4.86. The van der Waals surface area contributed by atoms with Gasteiger partial charge < -0.3 is 20.3 Å². The Morgan fingerprint density at radius 2 is 1.80 bits per heavy atom. The number of benzene rings is 2. The average Bonchev–Trinajstić information content (AvgIpc) is 3.34. The zero-order valence-electron chi connectivity index (χ0n) is 22.9. The van der Waals surface area contributed by atoms with Crippen LogP contribution in [0.5, 0.6) is 0 Å². The summed E-state index contributed by atoms with van der Waals surface area (Å²) in [7, 11) is 0. The lowest BCUT2D eigenvalue weighted by molar-refractivity contribution is 0.0282. The van der Waals surface area contributed by atoms with E-state index in [1.165, 1.54) is 23.9 Å². The third kappa shape index (κ3) is 6.40. The van der Waals surface area contributed by atoms with Crippen LogP contribution in [-0.2, 0) is 10.3 Å². The van der Waals surface area contributed by atoms with Gasteiger partial charge in [-0.3, -0.25) is 9.59 Å². The molecule has 5 rings (SSSR count). The number of anilines is 1. The second-order valence-electron chi connectivity index (χ2n) is 10.9. The van der Waals surface area contributed by atoms with Crippen molar-refractivity contribution in [3.8, 4) is 0 Å². The molecular weight excluding hydrogens is 545 g/mol. The van der Waals surface area contributed by atoms with Crippen LogP contribution in [0.3, 0.4) is 0 Å². The van der Waals surface area contributed by atoms with Gasteiger partial charge in [0.2, 0.25) is 0 Å². The second-order valence-corrected chi connectivity index (χ2v) is 11.9. The van der Waals surface area contributed by atoms with Crippen LogP contribution in [0.2, 0.25) is 0 Å². The molecule has 0 aliphatic carbocycles. The van der Waals surface area contributed by atoms with Crippen molar-refractivity contribution < 1.29 is 23.5 Å². The number of amidine groups is 1. The molecule has 41 heavy (non-hydrogen) atoms. The van der Waals surface area contributed by atoms with Gasteiger partial charge >= 0.3 is 6.09 Å². The van der Waals surface area contributed by atoms with Gasteiger partial charge in [0.05, 0.1) is 12.7 Å². The van der Waals surface area contributed by atoms with Crippen molar-refractivity contribution in [3.05, 3.63) is 95.6 Å². The Morgan fingerprint density at radius 1 is 1.02 bits per heavy atom. The highest BCUT2D eigenvalue weighted by Crippen LogP contribution is 2.46. The zero-order chi connectivity index (χ0) is 29.2. The largest absolute Gasteiger partial charge is 0.444 e. The number of aromatic nitrogens is 1. The summed E-state index contributed by atoms with van der Waals surface area (Å²) in [5.74, 6) is -0.782. The molecule has 2 aliphatic heterocycles. The number of hydrogen-bond donors (Lipinski definition) is 2. The summed E-state index contributed by atoms with van der Waals surface area (Å²) in [4.78, 5) is 49.4. The molecule has 0 bridgehead atoms. The number of aliphatic imine (C=N–C) groups is 1. The number of thioether (sulfide) groups is 1. The Bertz CT molecular complexity index is 1490. The van der Waals surface area contributed by atoms with E-state index in [1.807, 2.05) is 39.0 Å². The van der Waals surface area contributed by atoms with E-state index < -0.39 is 29.0 Å². The topological polar surface area (TPSA) is 113 Å². The molecule has 11 heteroatoms. The quantitative estimate of drug-likeness (QED) is 0.449. The molecule has 2 N–H and O–H groups in total. The number of ether oxygens (including phenoxy) is 1. The van der Waals surface area contributed by atoms with Gasteiger partial charge in [0.1, 0.15) is 22.7 Å². The van der Waals surface area contributed by atoms with Gasteiger partial charge in [0, 0.05) is 29.5 Å². The maximum atomic E-state index is 13.3. The average molecular weight is 576 g/mol. The van der Waals surface area contributed by atoms with Gasteiger partial charge in [-0.15, -0.1) is 0 Å². The SMILES string of the molecule is CC(C)(C)OC(=O)N1CC2CSC(NC(=O)c3ccccc3)=NC2(c2cccc(NC(=O)c3ccc(F)cn3)c2)C1. The van der Waals surface area contributed by atoms with E-state index in [4.69, 9.17) is 9.73 Å². The van der Waals surface area contributed by atoms with Gasteiger partial charge in [-0.25, -0.2) is 19.2 Å². The Kier molecular flexibility index (Phi) is 7.81. The first-order valence-corrected chi connectivity index (χ1v) is 14.1. The molecule has 0 spiro atoms. The number of halogens is 1. The number of hydrogen-bond acceptors (Lipinski definition) is 7. The maximum Gasteiger partial charge on any atom is 0.410 e. The van der Waals surface area contributed by atoms with Crippen LogP contribution < -0.4 is 10.6 Å². The number of amides is 3. The predicted octanol–water partition coefficient (Wildman–Crippen LogP) is 5.07. The predicted molar refractivity (Wildman–Crippen MR) is 155 cm³/mol. The summed E-state index contributed by atoms with van der Waals surface area (Å²) in [5, 5.41) is 6.19. The molecule has 0 radical (unpaired) electrons. The number of nitrogens with one attached hydrogen (secondary N) is 2. The summed E-state index contributed by atoms with van der Waals surface area (Å²) in [5.41, 5.74) is 0.284. The fraction of sp³-hybridized carbons (Fsp3) is 0.300. The monoisotopic (exact) mass is 575 g/mol. The van der Waals surface area contributed by atoms with Crippen LogP contribution in [0.25, 0.3) is 0 Å². The number of carbonyl (C=O) groups is 3. The minimum Gasteiger partial charge on any atom is -0.444 e. The summed E-state index contributed by atoms with van der Waals surface area (Å²) in [6.45, 7) is 6.10. The molecule has 2 atom stereocenters. The number of pyridine rings is 1. The second kappa shape index (κ2) is 11.3. The standard InChI is InChI=1S/C30H30FN5O4S/c1-29(2,3)40-28(39)36-16-21-17-41-27(34-25(37)19-8-5-4-6-9-19)35-30(21,18-36)20-10-7-11-23(14-20)33-26(38)24-13-12-22(31)15-32-24/h4-15,21H,16-18H2,1-3H3,(H,33,38)(H,34,35,37). The van der Waals surface area contributed by atoms with Crippen LogP contribution in [0.1, 0.15) is 47.2 Å². The molecule has 212 valence electrons. The lowest BCUT2D eigenvalue weighted by Gasteiger charge is -2.35. The molecule has 2 aliphatic rings. The normalized spacial score (nSPS) is 20.0. The van der Waals surface area contributed by atoms with Gasteiger partial charge in [-0.05, 0) is 62.7 Å². The van der Waals surface area contributed by atoms with Crippen LogP contribution >= 0.6 is 11.8 Å². The molecule has 3 amide bonds. The number of nitrogens with zero attached hydrogens (tertiary/aromatic N) is 3. The summed E-state index contributed by atoms with van der Waals surface area (Å²) in [6, 6.07) is 18.6. The highest BCUT2D eigenvalue weighted by molar-refractivity contribution is 8.13. The van der Waals surface area contributed by atoms with Crippen molar-refractivity contribution >= 4 is 40.5 Å². The van der Waals surface area contributed by atoms with E-state index >= 15 is 0 Å². The Balaban J connectivity index is 1.47. The van der Waals surface area contributed by atoms with Crippen molar-refractivity contribution in [1.29, 1.82) is 0 Å². The Hall–Kier alpha value is -4.25. The number of rotatable bonds is 4. The molecule has 1 aromatic heterocycles. The summed E-state index contributed by atoms with van der Waals surface area (Å²) < 4.78 is 18.9. The summed E-state index contributed by atoms with van der Waals surface area (Å²) >= 11 is 1.43. The molecule has 0 saturated carbocycles. The zero-order valence-corrected chi connectivity index (χ0v) is 23.7. The van der Waals surface area contributed by atoms with Crippen molar-refractivity contribution in [2.45, 2.75) is 31.9 Å².